The zero-order chi connectivity index (χ0) is 16.5. The van der Waals surface area contributed by atoms with Crippen LogP contribution in [0.15, 0.2) is 60.1 Å². The molecular formula is C19H18N4S. The topological polar surface area (TPSA) is 42.2 Å². The van der Waals surface area contributed by atoms with Crippen molar-refractivity contribution < 1.29 is 0 Å². The lowest BCUT2D eigenvalue weighted by Gasteiger charge is -2.19. The molecule has 4 aromatic rings. The van der Waals surface area contributed by atoms with Crippen LogP contribution in [0, 0.1) is 13.8 Å². The molecule has 0 aliphatic rings. The van der Waals surface area contributed by atoms with Crippen molar-refractivity contribution in [2.24, 2.45) is 0 Å². The Balaban J connectivity index is 1.87. The number of nitrogens with one attached hydrogen (secondary N) is 1. The van der Waals surface area contributed by atoms with Gasteiger partial charge in [0.25, 0.3) is 0 Å². The molecule has 4 rings (SSSR count). The van der Waals surface area contributed by atoms with Gasteiger partial charge in [-0.1, -0.05) is 36.4 Å². The van der Waals surface area contributed by atoms with Crippen LogP contribution in [0.2, 0.25) is 0 Å². The van der Waals surface area contributed by atoms with Crippen molar-refractivity contribution in [1.29, 1.82) is 0 Å². The number of fused-ring (bicyclic) bond motifs is 1. The maximum Gasteiger partial charge on any atom is 0.183 e. The minimum Gasteiger partial charge on any atom is -0.349 e. The number of benzene rings is 1. The molecule has 1 atom stereocenters. The lowest BCUT2D eigenvalue weighted by atomic mass is 10.0. The van der Waals surface area contributed by atoms with Crippen LogP contribution in [0.3, 0.4) is 0 Å². The maximum absolute atomic E-state index is 4.71. The average Bonchev–Trinajstić information content (AvgIpc) is 3.16. The van der Waals surface area contributed by atoms with E-state index in [1.165, 1.54) is 5.56 Å². The second-order valence-electron chi connectivity index (χ2n) is 5.79. The summed E-state index contributed by atoms with van der Waals surface area (Å²) in [5.41, 5.74) is 5.35. The normalized spacial score (nSPS) is 12.4. The van der Waals surface area contributed by atoms with Crippen LogP contribution < -0.4 is 5.32 Å². The van der Waals surface area contributed by atoms with Crippen LogP contribution in [0.4, 0.5) is 5.13 Å². The number of hydrogen-bond donors (Lipinski definition) is 1. The highest BCUT2D eigenvalue weighted by atomic mass is 32.1. The summed E-state index contributed by atoms with van der Waals surface area (Å²) in [5, 5.41) is 6.58. The Labute approximate surface area is 144 Å². The smallest absolute Gasteiger partial charge is 0.183 e. The van der Waals surface area contributed by atoms with Gasteiger partial charge in [0, 0.05) is 11.6 Å². The van der Waals surface area contributed by atoms with Gasteiger partial charge in [-0.3, -0.25) is 0 Å². The minimum absolute atomic E-state index is 0.00542. The number of aryl methyl sites for hydroxylation is 2. The molecule has 1 aromatic carbocycles. The Kier molecular flexibility index (Phi) is 3.78. The number of pyridine rings is 1. The standard InChI is InChI=1S/C19H18N4S/c1-13-12-24-19(20-13)22-17(15-8-4-3-5-9-15)18-14(2)21-16-10-6-7-11-23(16)18/h3-12,17H,1-2H3,(H,20,22). The number of anilines is 1. The first-order valence-electron chi connectivity index (χ1n) is 7.89. The van der Waals surface area contributed by atoms with Gasteiger partial charge in [-0.15, -0.1) is 11.3 Å². The lowest BCUT2D eigenvalue weighted by Crippen LogP contribution is -2.15. The van der Waals surface area contributed by atoms with E-state index in [1.807, 2.05) is 31.2 Å². The first-order valence-corrected chi connectivity index (χ1v) is 8.77. The van der Waals surface area contributed by atoms with Crippen LogP contribution in [-0.4, -0.2) is 14.4 Å². The molecule has 24 heavy (non-hydrogen) atoms. The molecule has 120 valence electrons. The lowest BCUT2D eigenvalue weighted by molar-refractivity contribution is 0.854. The fourth-order valence-corrected chi connectivity index (χ4v) is 3.70. The summed E-state index contributed by atoms with van der Waals surface area (Å²) < 4.78 is 2.15. The third kappa shape index (κ3) is 2.67. The average molecular weight is 334 g/mol. The van der Waals surface area contributed by atoms with E-state index < -0.39 is 0 Å². The third-order valence-corrected chi connectivity index (χ3v) is 4.94. The van der Waals surface area contributed by atoms with Gasteiger partial charge in [-0.05, 0) is 31.5 Å². The summed E-state index contributed by atoms with van der Waals surface area (Å²) in [7, 11) is 0. The van der Waals surface area contributed by atoms with Crippen molar-refractivity contribution in [2.75, 3.05) is 5.32 Å². The molecule has 0 amide bonds. The van der Waals surface area contributed by atoms with Gasteiger partial charge < -0.3 is 9.72 Å². The first kappa shape index (κ1) is 14.9. The minimum atomic E-state index is -0.00542. The molecule has 0 radical (unpaired) electrons. The van der Waals surface area contributed by atoms with E-state index in [-0.39, 0.29) is 6.04 Å². The zero-order valence-electron chi connectivity index (χ0n) is 13.6. The van der Waals surface area contributed by atoms with E-state index in [0.29, 0.717) is 0 Å². The molecule has 0 spiro atoms. The third-order valence-electron chi connectivity index (χ3n) is 4.04. The van der Waals surface area contributed by atoms with Crippen LogP contribution in [0.25, 0.3) is 5.65 Å². The van der Waals surface area contributed by atoms with Gasteiger partial charge in [-0.2, -0.15) is 0 Å². The Morgan fingerprint density at radius 3 is 2.54 bits per heavy atom. The van der Waals surface area contributed by atoms with Crippen molar-refractivity contribution in [3.05, 3.63) is 82.8 Å². The van der Waals surface area contributed by atoms with E-state index >= 15 is 0 Å². The highest BCUT2D eigenvalue weighted by Gasteiger charge is 2.22. The second-order valence-corrected chi connectivity index (χ2v) is 6.65. The molecule has 1 N–H and O–H groups in total. The van der Waals surface area contributed by atoms with E-state index in [2.05, 4.69) is 57.5 Å². The van der Waals surface area contributed by atoms with Gasteiger partial charge in [0.1, 0.15) is 5.65 Å². The zero-order valence-corrected chi connectivity index (χ0v) is 14.4. The van der Waals surface area contributed by atoms with E-state index in [0.717, 1.165) is 27.9 Å². The van der Waals surface area contributed by atoms with Crippen molar-refractivity contribution in [3.8, 4) is 0 Å². The molecule has 0 saturated heterocycles. The molecular weight excluding hydrogens is 316 g/mol. The molecule has 4 nitrogen and oxygen atoms in total. The highest BCUT2D eigenvalue weighted by Crippen LogP contribution is 2.30. The largest absolute Gasteiger partial charge is 0.349 e. The molecule has 0 aliphatic heterocycles. The summed E-state index contributed by atoms with van der Waals surface area (Å²) in [5.74, 6) is 0. The van der Waals surface area contributed by atoms with Crippen LogP contribution in [0.1, 0.15) is 28.7 Å². The number of nitrogens with zero attached hydrogens (tertiary/aromatic N) is 3. The Morgan fingerprint density at radius 2 is 1.79 bits per heavy atom. The number of aromatic nitrogens is 3. The predicted molar refractivity (Wildman–Crippen MR) is 98.7 cm³/mol. The number of thiazole rings is 1. The van der Waals surface area contributed by atoms with Crippen LogP contribution in [-0.2, 0) is 0 Å². The van der Waals surface area contributed by atoms with E-state index in [1.54, 1.807) is 11.3 Å². The summed E-state index contributed by atoms with van der Waals surface area (Å²) >= 11 is 1.63. The van der Waals surface area contributed by atoms with Gasteiger partial charge in [-0.25, -0.2) is 9.97 Å². The van der Waals surface area contributed by atoms with Gasteiger partial charge in [0.05, 0.1) is 23.1 Å². The predicted octanol–water partition coefficient (Wildman–Crippen LogP) is 4.61. The quantitative estimate of drug-likeness (QED) is 0.592. The van der Waals surface area contributed by atoms with Gasteiger partial charge in [0.2, 0.25) is 0 Å². The fraction of sp³-hybridized carbons (Fsp3) is 0.158. The second kappa shape index (κ2) is 6.09. The molecule has 0 bridgehead atoms. The summed E-state index contributed by atoms with van der Waals surface area (Å²) in [6.45, 7) is 4.08. The maximum atomic E-state index is 4.71. The molecule has 0 fully saturated rings. The van der Waals surface area contributed by atoms with Crippen molar-refractivity contribution in [2.45, 2.75) is 19.9 Å². The van der Waals surface area contributed by atoms with E-state index in [9.17, 15) is 0 Å². The molecule has 0 aliphatic carbocycles. The molecule has 1 unspecified atom stereocenters. The Morgan fingerprint density at radius 1 is 1.00 bits per heavy atom. The molecule has 3 heterocycles. The monoisotopic (exact) mass is 334 g/mol. The van der Waals surface area contributed by atoms with E-state index in [4.69, 9.17) is 4.98 Å². The van der Waals surface area contributed by atoms with Crippen molar-refractivity contribution >= 4 is 22.1 Å². The summed E-state index contributed by atoms with van der Waals surface area (Å²) in [4.78, 5) is 9.29. The van der Waals surface area contributed by atoms with Gasteiger partial charge >= 0.3 is 0 Å². The SMILES string of the molecule is Cc1csc(NC(c2ccccc2)c2c(C)nc3ccccn23)n1. The van der Waals surface area contributed by atoms with Crippen LogP contribution >= 0.6 is 11.3 Å². The Hall–Kier alpha value is -2.66. The van der Waals surface area contributed by atoms with Crippen molar-refractivity contribution in [3.63, 3.8) is 0 Å². The summed E-state index contributed by atoms with van der Waals surface area (Å²) in [6, 6.07) is 16.5. The number of rotatable bonds is 4. The highest BCUT2D eigenvalue weighted by molar-refractivity contribution is 7.13. The fourth-order valence-electron chi connectivity index (χ4n) is 2.98. The number of hydrogen-bond acceptors (Lipinski definition) is 4. The van der Waals surface area contributed by atoms with Crippen molar-refractivity contribution in [1.82, 2.24) is 14.4 Å². The van der Waals surface area contributed by atoms with Gasteiger partial charge in [0.15, 0.2) is 5.13 Å². The van der Waals surface area contributed by atoms with Crippen LogP contribution in [0.5, 0.6) is 0 Å². The molecule has 0 saturated carbocycles. The first-order chi connectivity index (χ1) is 11.7. The molecule has 5 heteroatoms. The number of imidazole rings is 1. The summed E-state index contributed by atoms with van der Waals surface area (Å²) in [6.07, 6.45) is 2.06. The molecule has 3 aromatic heterocycles. The Bertz CT molecular complexity index is 971.